The smallest absolute Gasteiger partial charge is 0.157 e. The molecular weight excluding hydrogens is 252 g/mol. The van der Waals surface area contributed by atoms with Gasteiger partial charge in [-0.1, -0.05) is 5.16 Å². The van der Waals surface area contributed by atoms with Crippen LogP contribution in [0, 0.1) is 11.3 Å². The van der Waals surface area contributed by atoms with Crippen LogP contribution < -0.4 is 0 Å². The predicted octanol–water partition coefficient (Wildman–Crippen LogP) is 3.41. The van der Waals surface area contributed by atoms with Crippen LogP contribution in [0.4, 0.5) is 0 Å². The van der Waals surface area contributed by atoms with E-state index in [1.165, 1.54) is 0 Å². The van der Waals surface area contributed by atoms with Gasteiger partial charge in [0, 0.05) is 18.4 Å². The minimum atomic E-state index is 0.0714. The van der Waals surface area contributed by atoms with E-state index in [0.717, 1.165) is 68.4 Å². The number of ether oxygens (including phenoxy) is 1. The lowest BCUT2D eigenvalue weighted by molar-refractivity contribution is -0.0966. The molecule has 0 aliphatic heterocycles. The topological polar surface area (TPSA) is 59.1 Å². The van der Waals surface area contributed by atoms with Gasteiger partial charge in [0.25, 0.3) is 0 Å². The Bertz CT molecular complexity index is 555. The highest BCUT2D eigenvalue weighted by atomic mass is 16.5. The van der Waals surface area contributed by atoms with Gasteiger partial charge in [0.15, 0.2) is 5.76 Å². The number of rotatable bonds is 3. The van der Waals surface area contributed by atoms with Crippen LogP contribution in [-0.2, 0) is 10.2 Å². The summed E-state index contributed by atoms with van der Waals surface area (Å²) in [5.74, 6) is 1.30. The summed E-state index contributed by atoms with van der Waals surface area (Å²) >= 11 is 0. The zero-order chi connectivity index (χ0) is 13.8. The van der Waals surface area contributed by atoms with Gasteiger partial charge in [0.05, 0.1) is 5.60 Å². The van der Waals surface area contributed by atoms with Crippen molar-refractivity contribution in [1.82, 2.24) is 5.16 Å². The van der Waals surface area contributed by atoms with E-state index in [-0.39, 0.29) is 11.0 Å². The third-order valence-electron chi connectivity index (χ3n) is 5.89. The van der Waals surface area contributed by atoms with E-state index in [1.54, 1.807) is 0 Å². The monoisotopic (exact) mass is 272 g/mol. The van der Waals surface area contributed by atoms with E-state index in [9.17, 15) is 5.26 Å². The number of nitrogens with zero attached hydrogens (tertiary/aromatic N) is 2. The molecule has 0 N–H and O–H groups in total. The first-order valence-corrected chi connectivity index (χ1v) is 7.67. The summed E-state index contributed by atoms with van der Waals surface area (Å²) in [4.78, 5) is 0. The quantitative estimate of drug-likeness (QED) is 0.846. The Morgan fingerprint density at radius 1 is 1.20 bits per heavy atom. The molecule has 1 aromatic rings. The molecule has 4 aliphatic rings. The predicted molar refractivity (Wildman–Crippen MR) is 72.3 cm³/mol. The lowest BCUT2D eigenvalue weighted by atomic mass is 9.57. The van der Waals surface area contributed by atoms with E-state index < -0.39 is 0 Å². The highest BCUT2D eigenvalue weighted by Gasteiger charge is 2.52. The molecule has 1 heterocycles. The second-order valence-electron chi connectivity index (χ2n) is 6.82. The molecule has 4 aliphatic carbocycles. The fourth-order valence-corrected chi connectivity index (χ4v) is 4.21. The molecule has 0 atom stereocenters. The van der Waals surface area contributed by atoms with E-state index in [4.69, 9.17) is 9.26 Å². The van der Waals surface area contributed by atoms with Crippen molar-refractivity contribution in [3.63, 3.8) is 0 Å². The zero-order valence-corrected chi connectivity index (χ0v) is 11.9. The molecule has 0 aromatic carbocycles. The molecule has 0 unspecified atom stereocenters. The van der Waals surface area contributed by atoms with Gasteiger partial charge in [-0.05, 0) is 51.4 Å². The van der Waals surface area contributed by atoms with Gasteiger partial charge in [-0.15, -0.1) is 0 Å². The molecule has 0 spiro atoms. The number of aromatic nitrogens is 1. The molecule has 4 saturated carbocycles. The standard InChI is InChI=1S/C16H20N2O2/c1-19-16-7-4-15(5-8-16,6-9-16)14-12(10-17)13(20-18-14)11-2-3-11/h11H,2-9H2,1H3. The lowest BCUT2D eigenvalue weighted by Gasteiger charge is -2.51. The van der Waals surface area contributed by atoms with Crippen molar-refractivity contribution in [2.45, 2.75) is 68.3 Å². The zero-order valence-electron chi connectivity index (χ0n) is 11.9. The molecule has 0 radical (unpaired) electrons. The number of hydrogen-bond donors (Lipinski definition) is 0. The maximum Gasteiger partial charge on any atom is 0.157 e. The maximum atomic E-state index is 9.54. The number of hydrogen-bond acceptors (Lipinski definition) is 4. The molecule has 2 bridgehead atoms. The summed E-state index contributed by atoms with van der Waals surface area (Å²) in [5, 5.41) is 13.9. The Labute approximate surface area is 119 Å². The van der Waals surface area contributed by atoms with Gasteiger partial charge in [-0.3, -0.25) is 0 Å². The molecule has 4 heteroatoms. The van der Waals surface area contributed by atoms with Gasteiger partial charge in [0.1, 0.15) is 17.3 Å². The lowest BCUT2D eigenvalue weighted by Crippen LogP contribution is -2.49. The molecule has 4 fully saturated rings. The number of nitriles is 1. The highest BCUT2D eigenvalue weighted by Crippen LogP contribution is 2.56. The average Bonchev–Trinajstić information content (AvgIpc) is 3.27. The van der Waals surface area contributed by atoms with Crippen molar-refractivity contribution in [1.29, 1.82) is 5.26 Å². The molecule has 4 nitrogen and oxygen atoms in total. The molecule has 5 rings (SSSR count). The molecule has 106 valence electrons. The van der Waals surface area contributed by atoms with Crippen LogP contribution >= 0.6 is 0 Å². The van der Waals surface area contributed by atoms with E-state index in [1.807, 2.05) is 7.11 Å². The van der Waals surface area contributed by atoms with Gasteiger partial charge in [0.2, 0.25) is 0 Å². The van der Waals surface area contributed by atoms with Gasteiger partial charge < -0.3 is 9.26 Å². The minimum absolute atomic E-state index is 0.0714. The van der Waals surface area contributed by atoms with E-state index >= 15 is 0 Å². The largest absolute Gasteiger partial charge is 0.378 e. The first-order valence-electron chi connectivity index (χ1n) is 7.67. The van der Waals surface area contributed by atoms with Crippen molar-refractivity contribution in [3.8, 4) is 6.07 Å². The minimum Gasteiger partial charge on any atom is -0.378 e. The molecule has 20 heavy (non-hydrogen) atoms. The van der Waals surface area contributed by atoms with Crippen LogP contribution in [0.25, 0.3) is 0 Å². The van der Waals surface area contributed by atoms with Gasteiger partial charge in [-0.2, -0.15) is 5.26 Å². The highest BCUT2D eigenvalue weighted by molar-refractivity contribution is 5.43. The molecule has 1 aromatic heterocycles. The Balaban J connectivity index is 1.70. The van der Waals surface area contributed by atoms with Crippen molar-refractivity contribution in [2.75, 3.05) is 7.11 Å². The first-order chi connectivity index (χ1) is 9.72. The van der Waals surface area contributed by atoms with Crippen molar-refractivity contribution < 1.29 is 9.26 Å². The Hall–Kier alpha value is -1.34. The normalized spacial score (nSPS) is 36.0. The molecule has 0 amide bonds. The van der Waals surface area contributed by atoms with Crippen LogP contribution in [-0.4, -0.2) is 17.9 Å². The Morgan fingerprint density at radius 2 is 1.85 bits per heavy atom. The first kappa shape index (κ1) is 12.4. The summed E-state index contributed by atoms with van der Waals surface area (Å²) in [6.07, 6.45) is 8.76. The summed E-state index contributed by atoms with van der Waals surface area (Å²) < 4.78 is 11.3. The van der Waals surface area contributed by atoms with E-state index in [0.29, 0.717) is 5.92 Å². The second-order valence-corrected chi connectivity index (χ2v) is 6.82. The fraction of sp³-hybridized carbons (Fsp3) is 0.750. The summed E-state index contributed by atoms with van der Waals surface area (Å²) in [7, 11) is 1.83. The molecular formula is C16H20N2O2. The van der Waals surface area contributed by atoms with Crippen LogP contribution in [0.15, 0.2) is 4.52 Å². The summed E-state index contributed by atoms with van der Waals surface area (Å²) in [6, 6.07) is 2.38. The second kappa shape index (κ2) is 4.08. The van der Waals surface area contributed by atoms with Gasteiger partial charge >= 0.3 is 0 Å². The number of fused-ring (bicyclic) bond motifs is 3. The Morgan fingerprint density at radius 3 is 2.35 bits per heavy atom. The van der Waals surface area contributed by atoms with Crippen LogP contribution in [0.3, 0.4) is 0 Å². The van der Waals surface area contributed by atoms with Crippen LogP contribution in [0.2, 0.25) is 0 Å². The third-order valence-corrected chi connectivity index (χ3v) is 5.89. The summed E-state index contributed by atoms with van der Waals surface area (Å²) in [6.45, 7) is 0. The number of methoxy groups -OCH3 is 1. The van der Waals surface area contributed by atoms with Crippen LogP contribution in [0.5, 0.6) is 0 Å². The average molecular weight is 272 g/mol. The SMILES string of the molecule is COC12CCC(c3noc(C4CC4)c3C#N)(CC1)CC2. The van der Waals surface area contributed by atoms with Crippen molar-refractivity contribution in [3.05, 3.63) is 17.0 Å². The van der Waals surface area contributed by atoms with Crippen molar-refractivity contribution >= 4 is 0 Å². The molecule has 0 saturated heterocycles. The van der Waals surface area contributed by atoms with Crippen LogP contribution in [0.1, 0.15) is 74.3 Å². The van der Waals surface area contributed by atoms with E-state index in [2.05, 4.69) is 11.2 Å². The van der Waals surface area contributed by atoms with Gasteiger partial charge in [-0.25, -0.2) is 0 Å². The Kier molecular flexibility index (Phi) is 2.53. The summed E-state index contributed by atoms with van der Waals surface area (Å²) in [5.41, 5.74) is 1.87. The van der Waals surface area contributed by atoms with Crippen molar-refractivity contribution in [2.24, 2.45) is 0 Å². The fourth-order valence-electron chi connectivity index (χ4n) is 4.21. The maximum absolute atomic E-state index is 9.54. The third kappa shape index (κ3) is 1.59.